The summed E-state index contributed by atoms with van der Waals surface area (Å²) in [5.74, 6) is 1.62. The van der Waals surface area contributed by atoms with Crippen LogP contribution in [0.4, 0.5) is 0 Å². The maximum Gasteiger partial charge on any atom is 0.309 e. The lowest BCUT2D eigenvalue weighted by Crippen LogP contribution is -2.28. The molecule has 2 nitrogen and oxygen atoms in total. The highest BCUT2D eigenvalue weighted by atomic mass is 16.5. The molecule has 2 aliphatic rings. The number of hydrogen-bond donors (Lipinski definition) is 0. The van der Waals surface area contributed by atoms with Crippen molar-refractivity contribution in [3.63, 3.8) is 0 Å². The molecule has 1 aliphatic carbocycles. The van der Waals surface area contributed by atoms with Gasteiger partial charge in [0.2, 0.25) is 0 Å². The fourth-order valence-corrected chi connectivity index (χ4v) is 2.69. The second-order valence-corrected chi connectivity index (χ2v) is 4.00. The molecule has 1 saturated carbocycles. The predicted octanol–water partition coefficient (Wildman–Crippen LogP) is 1.99. The van der Waals surface area contributed by atoms with E-state index in [4.69, 9.17) is 4.74 Å². The summed E-state index contributed by atoms with van der Waals surface area (Å²) < 4.78 is 5.09. The molecule has 12 heavy (non-hydrogen) atoms. The minimum Gasteiger partial charge on any atom is -0.465 e. The van der Waals surface area contributed by atoms with Crippen LogP contribution in [-0.4, -0.2) is 12.6 Å². The predicted molar refractivity (Wildman–Crippen MR) is 45.6 cm³/mol. The average molecular weight is 168 g/mol. The quantitative estimate of drug-likeness (QED) is 0.560. The van der Waals surface area contributed by atoms with Gasteiger partial charge in [-0.2, -0.15) is 0 Å². The number of esters is 1. The maximum atomic E-state index is 11.2. The Morgan fingerprint density at radius 3 is 3.08 bits per heavy atom. The van der Waals surface area contributed by atoms with E-state index in [0.29, 0.717) is 12.5 Å². The van der Waals surface area contributed by atoms with Crippen LogP contribution < -0.4 is 0 Å². The Hall–Kier alpha value is -0.530. The van der Waals surface area contributed by atoms with Gasteiger partial charge in [-0.1, -0.05) is 26.2 Å². The lowest BCUT2D eigenvalue weighted by molar-refractivity contribution is -0.141. The first-order valence-corrected chi connectivity index (χ1v) is 4.99. The molecular formula is C10H16O2. The SMILES string of the molecule is CCC1CCCC2C(=O)OCC12. The van der Waals surface area contributed by atoms with Gasteiger partial charge in [-0.15, -0.1) is 0 Å². The smallest absolute Gasteiger partial charge is 0.309 e. The molecule has 2 rings (SSSR count). The number of carbonyl (C=O) groups is 1. The molecule has 0 spiro atoms. The van der Waals surface area contributed by atoms with Crippen molar-refractivity contribution in [1.29, 1.82) is 0 Å². The Kier molecular flexibility index (Phi) is 2.07. The van der Waals surface area contributed by atoms with E-state index in [9.17, 15) is 4.79 Å². The molecular weight excluding hydrogens is 152 g/mol. The molecule has 1 heterocycles. The summed E-state index contributed by atoms with van der Waals surface area (Å²) in [6, 6.07) is 0. The molecule has 3 atom stereocenters. The summed E-state index contributed by atoms with van der Waals surface area (Å²) in [5, 5.41) is 0. The molecule has 3 unspecified atom stereocenters. The van der Waals surface area contributed by atoms with Gasteiger partial charge in [0.25, 0.3) is 0 Å². The molecule has 0 amide bonds. The van der Waals surface area contributed by atoms with E-state index in [1.165, 1.54) is 19.3 Å². The molecule has 0 aromatic rings. The van der Waals surface area contributed by atoms with Crippen LogP contribution in [0.3, 0.4) is 0 Å². The average Bonchev–Trinajstić information content (AvgIpc) is 2.48. The highest BCUT2D eigenvalue weighted by molar-refractivity contribution is 5.74. The van der Waals surface area contributed by atoms with E-state index in [0.717, 1.165) is 12.3 Å². The fourth-order valence-electron chi connectivity index (χ4n) is 2.69. The van der Waals surface area contributed by atoms with Gasteiger partial charge in [0, 0.05) is 5.92 Å². The Morgan fingerprint density at radius 1 is 1.50 bits per heavy atom. The van der Waals surface area contributed by atoms with Crippen LogP contribution in [0.15, 0.2) is 0 Å². The number of cyclic esters (lactones) is 1. The first kappa shape index (κ1) is 8.09. The number of hydrogen-bond acceptors (Lipinski definition) is 2. The van der Waals surface area contributed by atoms with Crippen LogP contribution >= 0.6 is 0 Å². The molecule has 0 radical (unpaired) electrons. The van der Waals surface area contributed by atoms with Gasteiger partial charge in [-0.3, -0.25) is 4.79 Å². The Labute approximate surface area is 73.3 Å². The highest BCUT2D eigenvalue weighted by Crippen LogP contribution is 2.40. The molecule has 0 N–H and O–H groups in total. The highest BCUT2D eigenvalue weighted by Gasteiger charge is 2.42. The zero-order valence-electron chi connectivity index (χ0n) is 7.58. The number of carbonyl (C=O) groups excluding carboxylic acids is 1. The molecule has 2 fully saturated rings. The summed E-state index contributed by atoms with van der Waals surface area (Å²) >= 11 is 0. The summed E-state index contributed by atoms with van der Waals surface area (Å²) in [6.07, 6.45) is 4.79. The van der Waals surface area contributed by atoms with E-state index >= 15 is 0 Å². The van der Waals surface area contributed by atoms with Crippen LogP contribution in [-0.2, 0) is 9.53 Å². The molecule has 1 aliphatic heterocycles. The second-order valence-electron chi connectivity index (χ2n) is 4.00. The van der Waals surface area contributed by atoms with Crippen molar-refractivity contribution in [2.45, 2.75) is 32.6 Å². The lowest BCUT2D eigenvalue weighted by Gasteiger charge is -2.29. The zero-order chi connectivity index (χ0) is 8.55. The van der Waals surface area contributed by atoms with Gasteiger partial charge >= 0.3 is 5.97 Å². The zero-order valence-corrected chi connectivity index (χ0v) is 7.58. The number of rotatable bonds is 1. The van der Waals surface area contributed by atoms with Crippen LogP contribution in [0.5, 0.6) is 0 Å². The van der Waals surface area contributed by atoms with E-state index < -0.39 is 0 Å². The van der Waals surface area contributed by atoms with Crippen LogP contribution in [0, 0.1) is 17.8 Å². The third kappa shape index (κ3) is 1.13. The standard InChI is InChI=1S/C10H16O2/c1-2-7-4-3-5-8-9(7)6-12-10(8)11/h7-9H,2-6H2,1H3. The van der Waals surface area contributed by atoms with Crippen molar-refractivity contribution < 1.29 is 9.53 Å². The third-order valence-corrected chi connectivity index (χ3v) is 3.46. The molecule has 0 aromatic carbocycles. The molecule has 1 saturated heterocycles. The Bertz CT molecular complexity index is 188. The van der Waals surface area contributed by atoms with Crippen molar-refractivity contribution in [1.82, 2.24) is 0 Å². The minimum atomic E-state index is 0.0677. The van der Waals surface area contributed by atoms with Gasteiger partial charge in [0.15, 0.2) is 0 Å². The first-order valence-electron chi connectivity index (χ1n) is 4.99. The van der Waals surface area contributed by atoms with Crippen molar-refractivity contribution in [2.24, 2.45) is 17.8 Å². The minimum absolute atomic E-state index is 0.0677. The van der Waals surface area contributed by atoms with Crippen LogP contribution in [0.1, 0.15) is 32.6 Å². The Morgan fingerprint density at radius 2 is 2.33 bits per heavy atom. The second kappa shape index (κ2) is 3.08. The monoisotopic (exact) mass is 168 g/mol. The molecule has 0 bridgehead atoms. The van der Waals surface area contributed by atoms with Crippen molar-refractivity contribution in [2.75, 3.05) is 6.61 Å². The summed E-state index contributed by atoms with van der Waals surface area (Å²) in [7, 11) is 0. The Balaban J connectivity index is 2.09. The molecule has 0 aromatic heterocycles. The van der Waals surface area contributed by atoms with Gasteiger partial charge in [-0.25, -0.2) is 0 Å². The van der Waals surface area contributed by atoms with Crippen LogP contribution in [0.2, 0.25) is 0 Å². The van der Waals surface area contributed by atoms with Gasteiger partial charge in [-0.05, 0) is 12.3 Å². The van der Waals surface area contributed by atoms with E-state index in [1.807, 2.05) is 0 Å². The number of fused-ring (bicyclic) bond motifs is 1. The van der Waals surface area contributed by atoms with Crippen molar-refractivity contribution in [3.8, 4) is 0 Å². The largest absolute Gasteiger partial charge is 0.465 e. The van der Waals surface area contributed by atoms with E-state index in [1.54, 1.807) is 0 Å². The van der Waals surface area contributed by atoms with Gasteiger partial charge < -0.3 is 4.74 Å². The molecule has 68 valence electrons. The summed E-state index contributed by atoms with van der Waals surface area (Å²) in [4.78, 5) is 11.2. The normalized spacial score (nSPS) is 40.8. The summed E-state index contributed by atoms with van der Waals surface area (Å²) in [5.41, 5.74) is 0. The lowest BCUT2D eigenvalue weighted by atomic mass is 9.73. The fraction of sp³-hybridized carbons (Fsp3) is 0.900. The van der Waals surface area contributed by atoms with Crippen molar-refractivity contribution >= 4 is 5.97 Å². The van der Waals surface area contributed by atoms with Crippen LogP contribution in [0.25, 0.3) is 0 Å². The van der Waals surface area contributed by atoms with E-state index in [2.05, 4.69) is 6.92 Å². The maximum absolute atomic E-state index is 11.2. The summed E-state index contributed by atoms with van der Waals surface area (Å²) in [6.45, 7) is 2.91. The van der Waals surface area contributed by atoms with Crippen molar-refractivity contribution in [3.05, 3.63) is 0 Å². The topological polar surface area (TPSA) is 26.3 Å². The van der Waals surface area contributed by atoms with E-state index in [-0.39, 0.29) is 11.9 Å². The number of ether oxygens (including phenoxy) is 1. The third-order valence-electron chi connectivity index (χ3n) is 3.46. The van der Waals surface area contributed by atoms with Gasteiger partial charge in [0.1, 0.15) is 0 Å². The van der Waals surface area contributed by atoms with Gasteiger partial charge in [0.05, 0.1) is 12.5 Å². The first-order chi connectivity index (χ1) is 5.83. The molecule has 2 heteroatoms.